The van der Waals surface area contributed by atoms with Crippen molar-refractivity contribution in [1.29, 1.82) is 0 Å². The number of cyclic esters (lactones) is 2. The Morgan fingerprint density at radius 2 is 1.94 bits per heavy atom. The molecule has 0 radical (unpaired) electrons. The van der Waals surface area contributed by atoms with Crippen LogP contribution >= 0.6 is 0 Å². The van der Waals surface area contributed by atoms with Crippen molar-refractivity contribution < 1.29 is 14.3 Å². The Balaban J connectivity index is 2.40. The summed E-state index contributed by atoms with van der Waals surface area (Å²) >= 11 is 0. The SMILES string of the molecule is CC(C)=CC1=C(C)[C@H](C)[C@H]2C(=O)OC(=O)[C@@H]2C1. The summed E-state index contributed by atoms with van der Waals surface area (Å²) in [6.45, 7) is 8.13. The summed E-state index contributed by atoms with van der Waals surface area (Å²) in [4.78, 5) is 23.2. The lowest BCUT2D eigenvalue weighted by atomic mass is 9.71. The molecule has 0 aromatic heterocycles. The van der Waals surface area contributed by atoms with Gasteiger partial charge in [0, 0.05) is 0 Å². The highest BCUT2D eigenvalue weighted by molar-refractivity contribution is 5.97. The molecule has 3 heteroatoms. The molecule has 0 N–H and O–H groups in total. The van der Waals surface area contributed by atoms with Crippen molar-refractivity contribution in [3.05, 3.63) is 22.8 Å². The van der Waals surface area contributed by atoms with Crippen LogP contribution in [0.25, 0.3) is 0 Å². The van der Waals surface area contributed by atoms with Crippen molar-refractivity contribution in [2.24, 2.45) is 17.8 Å². The van der Waals surface area contributed by atoms with Crippen LogP contribution in [0.2, 0.25) is 0 Å². The number of allylic oxidation sites excluding steroid dienone is 4. The lowest BCUT2D eigenvalue weighted by Crippen LogP contribution is -2.30. The minimum absolute atomic E-state index is 0.0956. The van der Waals surface area contributed by atoms with Crippen molar-refractivity contribution in [1.82, 2.24) is 0 Å². The number of fused-ring (bicyclic) bond motifs is 1. The summed E-state index contributed by atoms with van der Waals surface area (Å²) in [6, 6.07) is 0. The lowest BCUT2D eigenvalue weighted by molar-refractivity contribution is -0.154. The maximum Gasteiger partial charge on any atom is 0.318 e. The highest BCUT2D eigenvalue weighted by Crippen LogP contribution is 2.43. The molecule has 1 aliphatic carbocycles. The van der Waals surface area contributed by atoms with Crippen LogP contribution in [0.1, 0.15) is 34.1 Å². The van der Waals surface area contributed by atoms with E-state index in [0.717, 1.165) is 0 Å². The molecule has 1 saturated heterocycles. The smallest absolute Gasteiger partial charge is 0.318 e. The molecule has 0 saturated carbocycles. The second-order valence-electron chi connectivity index (χ2n) is 5.30. The quantitative estimate of drug-likeness (QED) is 0.517. The number of ether oxygens (including phenoxy) is 1. The van der Waals surface area contributed by atoms with E-state index in [1.807, 2.05) is 27.7 Å². The van der Waals surface area contributed by atoms with Gasteiger partial charge in [0.05, 0.1) is 11.8 Å². The third-order valence-electron chi connectivity index (χ3n) is 3.84. The van der Waals surface area contributed by atoms with Gasteiger partial charge in [-0.15, -0.1) is 0 Å². The molecule has 0 aromatic carbocycles. The van der Waals surface area contributed by atoms with Crippen LogP contribution in [0.4, 0.5) is 0 Å². The van der Waals surface area contributed by atoms with Crippen LogP contribution < -0.4 is 0 Å². The molecule has 92 valence electrons. The maximum absolute atomic E-state index is 11.6. The minimum atomic E-state index is -0.348. The predicted molar refractivity (Wildman–Crippen MR) is 64.0 cm³/mol. The average molecular weight is 234 g/mol. The van der Waals surface area contributed by atoms with Gasteiger partial charge >= 0.3 is 11.9 Å². The number of carbonyl (C=O) groups excluding carboxylic acids is 2. The van der Waals surface area contributed by atoms with Crippen molar-refractivity contribution in [3.8, 4) is 0 Å². The van der Waals surface area contributed by atoms with E-state index < -0.39 is 0 Å². The van der Waals surface area contributed by atoms with Crippen LogP contribution in [-0.2, 0) is 14.3 Å². The number of hydrogen-bond donors (Lipinski definition) is 0. The summed E-state index contributed by atoms with van der Waals surface area (Å²) in [7, 11) is 0. The summed E-state index contributed by atoms with van der Waals surface area (Å²) in [5.41, 5.74) is 3.60. The van der Waals surface area contributed by atoms with Crippen molar-refractivity contribution >= 4 is 11.9 Å². The zero-order valence-electron chi connectivity index (χ0n) is 10.7. The maximum atomic E-state index is 11.6. The topological polar surface area (TPSA) is 43.4 Å². The van der Waals surface area contributed by atoms with Gasteiger partial charge in [-0.2, -0.15) is 0 Å². The summed E-state index contributed by atoms with van der Waals surface area (Å²) in [6.07, 6.45) is 2.74. The average Bonchev–Trinajstić information content (AvgIpc) is 2.49. The first kappa shape index (κ1) is 12.1. The first-order valence-corrected chi connectivity index (χ1v) is 6.02. The molecule has 1 heterocycles. The Hall–Kier alpha value is -1.38. The van der Waals surface area contributed by atoms with Crippen LogP contribution in [0.5, 0.6) is 0 Å². The van der Waals surface area contributed by atoms with Gasteiger partial charge in [0.2, 0.25) is 0 Å². The molecule has 0 aromatic rings. The van der Waals surface area contributed by atoms with E-state index >= 15 is 0 Å². The first-order chi connectivity index (χ1) is 7.91. The van der Waals surface area contributed by atoms with Gasteiger partial charge in [-0.25, -0.2) is 0 Å². The van der Waals surface area contributed by atoms with Gasteiger partial charge in [0.25, 0.3) is 0 Å². The molecule has 3 atom stereocenters. The van der Waals surface area contributed by atoms with Gasteiger partial charge in [-0.05, 0) is 38.7 Å². The Morgan fingerprint density at radius 1 is 1.29 bits per heavy atom. The molecule has 2 rings (SSSR count). The van der Waals surface area contributed by atoms with Gasteiger partial charge in [0.15, 0.2) is 0 Å². The molecule has 1 aliphatic heterocycles. The normalized spacial score (nSPS) is 32.4. The molecule has 3 nitrogen and oxygen atoms in total. The second kappa shape index (κ2) is 4.13. The highest BCUT2D eigenvalue weighted by Gasteiger charge is 2.49. The number of carbonyl (C=O) groups is 2. The molecule has 2 aliphatic rings. The molecule has 17 heavy (non-hydrogen) atoms. The van der Waals surface area contributed by atoms with E-state index in [4.69, 9.17) is 4.74 Å². The van der Waals surface area contributed by atoms with E-state index in [-0.39, 0.29) is 29.7 Å². The fourth-order valence-electron chi connectivity index (χ4n) is 2.80. The van der Waals surface area contributed by atoms with Gasteiger partial charge < -0.3 is 4.74 Å². The lowest BCUT2D eigenvalue weighted by Gasteiger charge is -2.29. The summed E-state index contributed by atoms with van der Waals surface area (Å²) < 4.78 is 4.76. The Kier molecular flexibility index (Phi) is 2.94. The number of hydrogen-bond acceptors (Lipinski definition) is 3. The fraction of sp³-hybridized carbons (Fsp3) is 0.571. The number of esters is 2. The molecule has 0 spiro atoms. The number of rotatable bonds is 1. The van der Waals surface area contributed by atoms with E-state index in [9.17, 15) is 9.59 Å². The van der Waals surface area contributed by atoms with E-state index in [1.165, 1.54) is 16.7 Å². The zero-order chi connectivity index (χ0) is 12.7. The third kappa shape index (κ3) is 1.94. The van der Waals surface area contributed by atoms with Gasteiger partial charge in [-0.1, -0.05) is 24.1 Å². The molecule has 1 fully saturated rings. The molecule has 0 bridgehead atoms. The zero-order valence-corrected chi connectivity index (χ0v) is 10.7. The van der Waals surface area contributed by atoms with Crippen LogP contribution in [0.15, 0.2) is 22.8 Å². The Labute approximate surface area is 102 Å². The van der Waals surface area contributed by atoms with E-state index in [0.29, 0.717) is 6.42 Å². The molecule has 0 unspecified atom stereocenters. The fourth-order valence-corrected chi connectivity index (χ4v) is 2.80. The monoisotopic (exact) mass is 234 g/mol. The van der Waals surface area contributed by atoms with Crippen molar-refractivity contribution in [2.75, 3.05) is 0 Å². The van der Waals surface area contributed by atoms with E-state index in [2.05, 4.69) is 6.08 Å². The first-order valence-electron chi connectivity index (χ1n) is 6.02. The summed E-state index contributed by atoms with van der Waals surface area (Å²) in [5.74, 6) is -1.14. The van der Waals surface area contributed by atoms with Crippen LogP contribution in [0, 0.1) is 17.8 Å². The third-order valence-corrected chi connectivity index (χ3v) is 3.84. The molecule has 0 amide bonds. The molecular weight excluding hydrogens is 216 g/mol. The predicted octanol–water partition coefficient (Wildman–Crippen LogP) is 2.62. The Bertz CT molecular complexity index is 438. The van der Waals surface area contributed by atoms with Gasteiger partial charge in [-0.3, -0.25) is 9.59 Å². The molecular formula is C14H18O3. The standard InChI is InChI=1S/C14H18O3/c1-7(2)5-10-6-11-12(9(4)8(10)3)14(16)17-13(11)15/h5,9,11-12H,6H2,1-4H3/t9-,11+,12+/m0/s1. The van der Waals surface area contributed by atoms with E-state index in [1.54, 1.807) is 0 Å². The second-order valence-corrected chi connectivity index (χ2v) is 5.30. The minimum Gasteiger partial charge on any atom is -0.393 e. The van der Waals surface area contributed by atoms with Crippen molar-refractivity contribution in [3.63, 3.8) is 0 Å². The summed E-state index contributed by atoms with van der Waals surface area (Å²) in [5, 5.41) is 0. The largest absolute Gasteiger partial charge is 0.393 e. The van der Waals surface area contributed by atoms with Crippen LogP contribution in [-0.4, -0.2) is 11.9 Å². The highest BCUT2D eigenvalue weighted by atomic mass is 16.6. The van der Waals surface area contributed by atoms with Crippen molar-refractivity contribution in [2.45, 2.75) is 34.1 Å². The van der Waals surface area contributed by atoms with Gasteiger partial charge in [0.1, 0.15) is 0 Å². The van der Waals surface area contributed by atoms with Crippen LogP contribution in [0.3, 0.4) is 0 Å². The Morgan fingerprint density at radius 3 is 2.53 bits per heavy atom.